The zero-order valence-corrected chi connectivity index (χ0v) is 31.7. The van der Waals surface area contributed by atoms with Crippen LogP contribution in [0, 0.1) is 27.7 Å². The summed E-state index contributed by atoms with van der Waals surface area (Å²) in [6.07, 6.45) is 9.14. The largest absolute Gasteiger partial charge is 0.316 e. The van der Waals surface area contributed by atoms with E-state index in [-0.39, 0.29) is 0 Å². The van der Waals surface area contributed by atoms with Crippen LogP contribution in [0.15, 0.2) is 164 Å². The van der Waals surface area contributed by atoms with Gasteiger partial charge < -0.3 is 9.80 Å². The van der Waals surface area contributed by atoms with Crippen molar-refractivity contribution in [2.24, 2.45) is 0 Å². The van der Waals surface area contributed by atoms with Crippen LogP contribution in [0.3, 0.4) is 0 Å². The van der Waals surface area contributed by atoms with Gasteiger partial charge in [-0.2, -0.15) is 0 Å². The molecule has 0 saturated carbocycles. The van der Waals surface area contributed by atoms with Gasteiger partial charge in [-0.3, -0.25) is 0 Å². The van der Waals surface area contributed by atoms with E-state index in [4.69, 9.17) is 0 Å². The van der Waals surface area contributed by atoms with Crippen LogP contribution in [0.5, 0.6) is 0 Å². The molecule has 6 aromatic carbocycles. The van der Waals surface area contributed by atoms with Crippen molar-refractivity contribution in [3.63, 3.8) is 0 Å². The molecule has 6 rings (SSSR count). The molecule has 52 heavy (non-hydrogen) atoms. The number of anilines is 4. The van der Waals surface area contributed by atoms with Gasteiger partial charge in [0, 0.05) is 39.6 Å². The monoisotopic (exact) mass is 678 g/mol. The van der Waals surface area contributed by atoms with Crippen LogP contribution in [-0.2, 0) is 0 Å². The molecule has 0 heterocycles. The number of rotatable bonds is 10. The van der Waals surface area contributed by atoms with Crippen molar-refractivity contribution >= 4 is 44.8 Å². The molecule has 0 aliphatic carbocycles. The smallest absolute Gasteiger partial charge is 0.0563 e. The molecule has 0 amide bonds. The maximum atomic E-state index is 3.94. The van der Waals surface area contributed by atoms with Gasteiger partial charge >= 0.3 is 0 Å². The fourth-order valence-corrected chi connectivity index (χ4v) is 7.00. The van der Waals surface area contributed by atoms with Crippen molar-refractivity contribution in [3.05, 3.63) is 202 Å². The predicted octanol–water partition coefficient (Wildman–Crippen LogP) is 12.4. The minimum atomic E-state index is 0.863. The molecule has 0 aromatic heterocycles. The normalized spacial score (nSPS) is 12.9. The first-order valence-electron chi connectivity index (χ1n) is 18.3. The molecule has 0 aliphatic rings. The Morgan fingerprint density at radius 2 is 1.12 bits per heavy atom. The first-order chi connectivity index (χ1) is 25.2. The van der Waals surface area contributed by atoms with Crippen LogP contribution in [-0.4, -0.2) is 0 Å². The third kappa shape index (κ3) is 7.57. The standard InChI is InChI=1S/C50H50N2/c1-9-35(3)16-15-33-51(41-27-21-36(4)22-28-41)50-39(7)34-48(45-18-12-14-20-47(45)50)40(8)44-17-11-13-19-46(44)49(10-2)52(42-29-23-37(5)24-30-42)43-31-25-38(6)26-32-43/h9,11-34H,1,10H2,2-8H3/b33-15+,35-16-,44-40+,49-46+. The Morgan fingerprint density at radius 1 is 0.615 bits per heavy atom. The molecule has 6 aromatic rings. The maximum absolute atomic E-state index is 3.94. The molecular weight excluding hydrogens is 629 g/mol. The molecular formula is C50H50N2. The highest BCUT2D eigenvalue weighted by Gasteiger charge is 2.19. The van der Waals surface area contributed by atoms with Crippen LogP contribution in [0.2, 0.25) is 0 Å². The highest BCUT2D eigenvalue weighted by atomic mass is 15.1. The fourth-order valence-electron chi connectivity index (χ4n) is 7.00. The zero-order valence-electron chi connectivity index (χ0n) is 31.7. The van der Waals surface area contributed by atoms with Crippen molar-refractivity contribution in [1.29, 1.82) is 0 Å². The van der Waals surface area contributed by atoms with E-state index in [1.807, 2.05) is 6.08 Å². The molecule has 0 aliphatic heterocycles. The summed E-state index contributed by atoms with van der Waals surface area (Å²) in [6, 6.07) is 46.7. The number of aryl methyl sites for hydroxylation is 4. The Balaban J connectivity index is 1.63. The quantitative estimate of drug-likeness (QED) is 0.133. The summed E-state index contributed by atoms with van der Waals surface area (Å²) in [6.45, 7) is 19.2. The minimum absolute atomic E-state index is 0.863. The maximum Gasteiger partial charge on any atom is 0.0563 e. The highest BCUT2D eigenvalue weighted by molar-refractivity contribution is 6.04. The molecule has 260 valence electrons. The van der Waals surface area contributed by atoms with E-state index in [0.29, 0.717) is 0 Å². The molecule has 0 unspecified atom stereocenters. The lowest BCUT2D eigenvalue weighted by molar-refractivity contribution is 1.12. The van der Waals surface area contributed by atoms with Gasteiger partial charge in [-0.25, -0.2) is 0 Å². The van der Waals surface area contributed by atoms with Gasteiger partial charge in [-0.15, -0.1) is 0 Å². The Kier molecular flexibility index (Phi) is 11.1. The number of allylic oxidation sites excluding steroid dienone is 4. The number of benzene rings is 6. The lowest BCUT2D eigenvalue weighted by Crippen LogP contribution is -2.34. The Morgan fingerprint density at radius 3 is 1.65 bits per heavy atom. The topological polar surface area (TPSA) is 6.48 Å². The summed E-state index contributed by atoms with van der Waals surface area (Å²) < 4.78 is 0. The number of fused-ring (bicyclic) bond motifs is 1. The first-order valence-corrected chi connectivity index (χ1v) is 18.3. The van der Waals surface area contributed by atoms with E-state index in [9.17, 15) is 0 Å². The van der Waals surface area contributed by atoms with E-state index in [1.54, 1.807) is 0 Å². The summed E-state index contributed by atoms with van der Waals surface area (Å²) >= 11 is 0. The van der Waals surface area contributed by atoms with Crippen molar-refractivity contribution in [1.82, 2.24) is 0 Å². The minimum Gasteiger partial charge on any atom is -0.316 e. The van der Waals surface area contributed by atoms with Crippen LogP contribution in [0.25, 0.3) is 22.0 Å². The van der Waals surface area contributed by atoms with Crippen molar-refractivity contribution < 1.29 is 0 Å². The van der Waals surface area contributed by atoms with Crippen LogP contribution < -0.4 is 20.2 Å². The lowest BCUT2D eigenvalue weighted by atomic mass is 9.92. The summed E-state index contributed by atoms with van der Waals surface area (Å²) in [4.78, 5) is 4.76. The first kappa shape index (κ1) is 35.9. The number of nitrogens with zero attached hydrogens (tertiary/aromatic N) is 2. The molecule has 0 radical (unpaired) electrons. The van der Waals surface area contributed by atoms with Crippen LogP contribution in [0.1, 0.15) is 55.0 Å². The van der Waals surface area contributed by atoms with Gasteiger partial charge in [-0.05, 0) is 124 Å². The lowest BCUT2D eigenvalue weighted by Gasteiger charge is -2.28. The van der Waals surface area contributed by atoms with Crippen molar-refractivity contribution in [3.8, 4) is 0 Å². The Labute approximate surface area is 310 Å². The molecule has 0 atom stereocenters. The van der Waals surface area contributed by atoms with E-state index < -0.39 is 0 Å². The average molecular weight is 679 g/mol. The number of hydrogen-bond donors (Lipinski definition) is 0. The van der Waals surface area contributed by atoms with Crippen molar-refractivity contribution in [2.45, 2.75) is 54.9 Å². The van der Waals surface area contributed by atoms with Crippen molar-refractivity contribution in [2.75, 3.05) is 9.80 Å². The van der Waals surface area contributed by atoms with Gasteiger partial charge in [-0.1, -0.05) is 133 Å². The molecule has 0 saturated heterocycles. The van der Waals surface area contributed by atoms with Gasteiger partial charge in [0.25, 0.3) is 0 Å². The van der Waals surface area contributed by atoms with E-state index >= 15 is 0 Å². The SMILES string of the molecule is C=C/C(C)=C\C=C\N(c1ccc(C)cc1)c1c(C)cc(/C(C)=c2\cccc\c2=C(\CC)N(c2ccc(C)cc2)c2ccc(C)cc2)c2ccccc12. The third-order valence-corrected chi connectivity index (χ3v) is 9.91. The number of hydrogen-bond acceptors (Lipinski definition) is 2. The molecule has 0 spiro atoms. The summed E-state index contributed by atoms with van der Waals surface area (Å²) in [5.41, 5.74) is 14.4. The molecule has 0 N–H and O–H groups in total. The molecule has 0 fully saturated rings. The highest BCUT2D eigenvalue weighted by Crippen LogP contribution is 2.39. The van der Waals surface area contributed by atoms with E-state index in [1.165, 1.54) is 66.0 Å². The summed E-state index contributed by atoms with van der Waals surface area (Å²) in [5.74, 6) is 0. The second-order valence-corrected chi connectivity index (χ2v) is 13.8. The molecule has 2 heteroatoms. The van der Waals surface area contributed by atoms with Gasteiger partial charge in [0.05, 0.1) is 5.69 Å². The molecule has 2 nitrogen and oxygen atoms in total. The summed E-state index contributed by atoms with van der Waals surface area (Å²) in [7, 11) is 0. The van der Waals surface area contributed by atoms with Gasteiger partial charge in [0.15, 0.2) is 0 Å². The van der Waals surface area contributed by atoms with E-state index in [0.717, 1.165) is 29.1 Å². The third-order valence-electron chi connectivity index (χ3n) is 9.91. The van der Waals surface area contributed by atoms with Crippen LogP contribution >= 0.6 is 0 Å². The fraction of sp³-hybridized carbons (Fsp3) is 0.160. The Hall–Kier alpha value is -5.86. The Bertz CT molecular complexity index is 2340. The van der Waals surface area contributed by atoms with Crippen LogP contribution in [0.4, 0.5) is 22.7 Å². The van der Waals surface area contributed by atoms with Gasteiger partial charge in [0.1, 0.15) is 0 Å². The predicted molar refractivity (Wildman–Crippen MR) is 227 cm³/mol. The zero-order chi connectivity index (χ0) is 36.8. The average Bonchev–Trinajstić information content (AvgIpc) is 3.16. The molecule has 0 bridgehead atoms. The second kappa shape index (κ2) is 16.0. The summed E-state index contributed by atoms with van der Waals surface area (Å²) in [5, 5.41) is 4.92. The second-order valence-electron chi connectivity index (χ2n) is 13.8. The van der Waals surface area contributed by atoms with Gasteiger partial charge in [0.2, 0.25) is 0 Å². The van der Waals surface area contributed by atoms with E-state index in [2.05, 4.69) is 211 Å².